The molecule has 0 aromatic heterocycles. The Labute approximate surface area is 118 Å². The Kier molecular flexibility index (Phi) is 3.77. The molecule has 100 valence electrons. The van der Waals surface area contributed by atoms with Gasteiger partial charge in [-0.1, -0.05) is 0 Å². The van der Waals surface area contributed by atoms with Crippen molar-refractivity contribution in [2.75, 3.05) is 10.5 Å². The summed E-state index contributed by atoms with van der Waals surface area (Å²) in [6, 6.07) is 9.50. The molecule has 0 amide bonds. The third-order valence-electron chi connectivity index (χ3n) is 2.34. The molecule has 0 unspecified atom stereocenters. The first-order valence-electron chi connectivity index (χ1n) is 5.22. The summed E-state index contributed by atoms with van der Waals surface area (Å²) in [6.07, 6.45) is 0. The summed E-state index contributed by atoms with van der Waals surface area (Å²) in [6.45, 7) is 0. The maximum atomic E-state index is 12.8. The summed E-state index contributed by atoms with van der Waals surface area (Å²) in [7, 11) is -3.78. The van der Waals surface area contributed by atoms with Crippen molar-refractivity contribution in [1.29, 1.82) is 0 Å². The zero-order chi connectivity index (χ0) is 14.0. The van der Waals surface area contributed by atoms with E-state index in [1.165, 1.54) is 30.3 Å². The fraction of sp³-hybridized carbons (Fsp3) is 0. The number of halogens is 2. The average Bonchev–Trinajstić information content (AvgIpc) is 2.35. The van der Waals surface area contributed by atoms with Gasteiger partial charge >= 0.3 is 0 Å². The first-order chi connectivity index (χ1) is 8.88. The number of hydrogen-bond donors (Lipinski definition) is 2. The highest BCUT2D eigenvalue weighted by Crippen LogP contribution is 2.26. The fourth-order valence-electron chi connectivity index (χ4n) is 1.45. The van der Waals surface area contributed by atoms with Gasteiger partial charge in [-0.25, -0.2) is 12.8 Å². The lowest BCUT2D eigenvalue weighted by molar-refractivity contribution is 0.600. The van der Waals surface area contributed by atoms with Gasteiger partial charge in [0.05, 0.1) is 0 Å². The molecule has 3 N–H and O–H groups in total. The van der Waals surface area contributed by atoms with Gasteiger partial charge in [0, 0.05) is 15.8 Å². The van der Waals surface area contributed by atoms with Crippen molar-refractivity contribution in [2.45, 2.75) is 4.90 Å². The highest BCUT2D eigenvalue weighted by Gasteiger charge is 2.18. The molecule has 0 atom stereocenters. The van der Waals surface area contributed by atoms with Crippen LogP contribution in [0.5, 0.6) is 0 Å². The second-order valence-electron chi connectivity index (χ2n) is 3.80. The molecule has 0 heterocycles. The fourth-order valence-corrected chi connectivity index (χ4v) is 3.51. The number of rotatable bonds is 3. The molecular formula is C12H10BrFN2O2S. The maximum Gasteiger partial charge on any atom is 0.263 e. The van der Waals surface area contributed by atoms with Crippen molar-refractivity contribution < 1.29 is 12.8 Å². The highest BCUT2D eigenvalue weighted by atomic mass is 79.9. The van der Waals surface area contributed by atoms with E-state index >= 15 is 0 Å². The Bertz CT molecular complexity index is 702. The molecular weight excluding hydrogens is 335 g/mol. The lowest BCUT2D eigenvalue weighted by Crippen LogP contribution is -2.13. The van der Waals surface area contributed by atoms with Crippen LogP contribution in [0.2, 0.25) is 0 Å². The zero-order valence-electron chi connectivity index (χ0n) is 9.60. The molecule has 0 aliphatic rings. The molecule has 0 aliphatic heterocycles. The summed E-state index contributed by atoms with van der Waals surface area (Å²) in [4.78, 5) is 0.0248. The van der Waals surface area contributed by atoms with Crippen molar-refractivity contribution in [1.82, 2.24) is 0 Å². The summed E-state index contributed by atoms with van der Waals surface area (Å²) < 4.78 is 39.8. The summed E-state index contributed by atoms with van der Waals surface area (Å²) in [5.74, 6) is -0.437. The predicted molar refractivity (Wildman–Crippen MR) is 75.8 cm³/mol. The maximum absolute atomic E-state index is 12.8. The van der Waals surface area contributed by atoms with Gasteiger partial charge in [0.1, 0.15) is 10.7 Å². The number of nitrogen functional groups attached to an aromatic ring is 1. The normalized spacial score (nSPS) is 11.3. The van der Waals surface area contributed by atoms with Crippen LogP contribution in [0.3, 0.4) is 0 Å². The number of nitrogens with one attached hydrogen (secondary N) is 1. The quantitative estimate of drug-likeness (QED) is 0.840. The third kappa shape index (κ3) is 3.24. The number of benzene rings is 2. The molecule has 0 radical (unpaired) electrons. The Hall–Kier alpha value is -1.60. The molecule has 7 heteroatoms. The number of hydrogen-bond acceptors (Lipinski definition) is 3. The van der Waals surface area contributed by atoms with E-state index in [0.29, 0.717) is 10.2 Å². The van der Waals surface area contributed by atoms with E-state index in [9.17, 15) is 12.8 Å². The molecule has 0 bridgehead atoms. The molecule has 4 nitrogen and oxygen atoms in total. The summed E-state index contributed by atoms with van der Waals surface area (Å²) in [5, 5.41) is 0. The first kappa shape index (κ1) is 13.8. The van der Waals surface area contributed by atoms with E-state index in [4.69, 9.17) is 5.73 Å². The van der Waals surface area contributed by atoms with E-state index in [0.717, 1.165) is 0 Å². The zero-order valence-corrected chi connectivity index (χ0v) is 12.0. The molecule has 0 saturated carbocycles. The minimum absolute atomic E-state index is 0.0248. The van der Waals surface area contributed by atoms with Gasteiger partial charge in [0.2, 0.25) is 0 Å². The largest absolute Gasteiger partial charge is 0.399 e. The minimum atomic E-state index is -3.78. The first-order valence-corrected chi connectivity index (χ1v) is 7.49. The van der Waals surface area contributed by atoms with Crippen molar-refractivity contribution >= 4 is 37.3 Å². The second kappa shape index (κ2) is 5.18. The van der Waals surface area contributed by atoms with E-state index in [2.05, 4.69) is 20.7 Å². The number of nitrogens with two attached hydrogens (primary N) is 1. The Morgan fingerprint density at radius 2 is 1.74 bits per heavy atom. The van der Waals surface area contributed by atoms with Gasteiger partial charge in [-0.3, -0.25) is 4.72 Å². The van der Waals surface area contributed by atoms with Gasteiger partial charge in [0.15, 0.2) is 0 Å². The van der Waals surface area contributed by atoms with Crippen LogP contribution >= 0.6 is 15.9 Å². The van der Waals surface area contributed by atoms with Gasteiger partial charge in [0.25, 0.3) is 10.0 Å². The van der Waals surface area contributed by atoms with E-state index < -0.39 is 15.8 Å². The molecule has 0 saturated heterocycles. The van der Waals surface area contributed by atoms with Gasteiger partial charge in [-0.15, -0.1) is 0 Å². The van der Waals surface area contributed by atoms with E-state index in [-0.39, 0.29) is 10.6 Å². The number of sulfonamides is 1. The highest BCUT2D eigenvalue weighted by molar-refractivity contribution is 9.10. The van der Waals surface area contributed by atoms with E-state index in [1.54, 1.807) is 12.1 Å². The lowest BCUT2D eigenvalue weighted by atomic mass is 10.3. The third-order valence-corrected chi connectivity index (χ3v) is 4.72. The van der Waals surface area contributed by atoms with Gasteiger partial charge in [-0.2, -0.15) is 0 Å². The van der Waals surface area contributed by atoms with Crippen LogP contribution in [-0.4, -0.2) is 8.42 Å². The molecule has 2 aromatic rings. The summed E-state index contributed by atoms with van der Waals surface area (Å²) in [5.41, 5.74) is 6.18. The van der Waals surface area contributed by atoms with Crippen LogP contribution in [0.4, 0.5) is 15.8 Å². The van der Waals surface area contributed by atoms with Crippen molar-refractivity contribution in [2.24, 2.45) is 0 Å². The standard InChI is InChI=1S/C12H10BrFN2O2S/c13-11-6-3-9(15)7-12(11)19(17,18)16-10-4-1-8(14)2-5-10/h1-7,16H,15H2. The molecule has 19 heavy (non-hydrogen) atoms. The van der Waals surface area contributed by atoms with Crippen LogP contribution in [0.25, 0.3) is 0 Å². The van der Waals surface area contributed by atoms with Crippen molar-refractivity contribution in [3.63, 3.8) is 0 Å². The molecule has 2 rings (SSSR count). The molecule has 2 aromatic carbocycles. The molecule has 0 spiro atoms. The van der Waals surface area contributed by atoms with Crippen LogP contribution in [-0.2, 0) is 10.0 Å². The van der Waals surface area contributed by atoms with Crippen molar-refractivity contribution in [3.05, 3.63) is 52.8 Å². The minimum Gasteiger partial charge on any atom is -0.399 e. The van der Waals surface area contributed by atoms with E-state index in [1.807, 2.05) is 0 Å². The molecule has 0 aliphatic carbocycles. The predicted octanol–water partition coefficient (Wildman–Crippen LogP) is 2.97. The van der Waals surface area contributed by atoms with Crippen LogP contribution in [0.1, 0.15) is 0 Å². The Morgan fingerprint density at radius 1 is 1.11 bits per heavy atom. The lowest BCUT2D eigenvalue weighted by Gasteiger charge is -2.10. The van der Waals surface area contributed by atoms with Crippen LogP contribution in [0.15, 0.2) is 51.8 Å². The average molecular weight is 345 g/mol. The molecule has 0 fully saturated rings. The SMILES string of the molecule is Nc1ccc(Br)c(S(=O)(=O)Nc2ccc(F)cc2)c1. The van der Waals surface area contributed by atoms with Gasteiger partial charge < -0.3 is 5.73 Å². The topological polar surface area (TPSA) is 72.2 Å². The van der Waals surface area contributed by atoms with Crippen LogP contribution < -0.4 is 10.5 Å². The second-order valence-corrected chi connectivity index (χ2v) is 6.31. The van der Waals surface area contributed by atoms with Gasteiger partial charge in [-0.05, 0) is 58.4 Å². The van der Waals surface area contributed by atoms with Crippen molar-refractivity contribution in [3.8, 4) is 0 Å². The Balaban J connectivity index is 2.37. The van der Waals surface area contributed by atoms with Crippen LogP contribution in [0, 0.1) is 5.82 Å². The number of anilines is 2. The monoisotopic (exact) mass is 344 g/mol. The summed E-state index contributed by atoms with van der Waals surface area (Å²) >= 11 is 3.16. The Morgan fingerprint density at radius 3 is 2.37 bits per heavy atom. The smallest absolute Gasteiger partial charge is 0.263 e.